The second kappa shape index (κ2) is 11.2. The van der Waals surface area contributed by atoms with Crippen LogP contribution < -0.4 is 4.74 Å². The minimum atomic E-state index is -1.08. The first-order valence-corrected chi connectivity index (χ1v) is 13.2. The van der Waals surface area contributed by atoms with Crippen molar-refractivity contribution in [1.29, 1.82) is 0 Å². The van der Waals surface area contributed by atoms with Crippen molar-refractivity contribution in [2.24, 2.45) is 5.41 Å². The van der Waals surface area contributed by atoms with Gasteiger partial charge in [-0.3, -0.25) is 9.59 Å². The summed E-state index contributed by atoms with van der Waals surface area (Å²) in [6.45, 7) is 14.1. The monoisotopic (exact) mass is 523 g/mol. The number of likely N-dealkylation sites (N-methyl/N-ethyl adjacent to an activating group) is 1. The number of carboxylic acids is 1. The first-order chi connectivity index (χ1) is 17.7. The van der Waals surface area contributed by atoms with Crippen LogP contribution >= 0.6 is 0 Å². The third-order valence-corrected chi connectivity index (χ3v) is 7.62. The Morgan fingerprint density at radius 3 is 2.18 bits per heavy atom. The predicted molar refractivity (Wildman–Crippen MR) is 149 cm³/mol. The summed E-state index contributed by atoms with van der Waals surface area (Å²) in [4.78, 5) is 24.9. The number of carboxylic acid groups (broad SMARTS) is 1. The lowest BCUT2D eigenvalue weighted by atomic mass is 9.70. The summed E-state index contributed by atoms with van der Waals surface area (Å²) in [5.74, 6) is -0.668. The smallest absolute Gasteiger partial charge is 0.323 e. The Morgan fingerprint density at radius 2 is 1.63 bits per heavy atom. The minimum Gasteiger partial charge on any atom is -0.491 e. The van der Waals surface area contributed by atoms with E-state index in [-0.39, 0.29) is 23.2 Å². The van der Waals surface area contributed by atoms with Crippen LogP contribution in [0.2, 0.25) is 0 Å². The number of rotatable bonds is 10. The maximum atomic E-state index is 12.7. The van der Waals surface area contributed by atoms with E-state index in [2.05, 4.69) is 38.1 Å². The third-order valence-electron chi connectivity index (χ3n) is 7.62. The zero-order valence-corrected chi connectivity index (χ0v) is 23.8. The summed E-state index contributed by atoms with van der Waals surface area (Å²) in [5.41, 5.74) is 4.31. The number of aliphatic carboxylic acids is 1. The molecule has 7 nitrogen and oxygen atoms in total. The number of nitrogens with zero attached hydrogens (tertiary/aromatic N) is 1. The highest BCUT2D eigenvalue weighted by Gasteiger charge is 2.32. The van der Waals surface area contributed by atoms with Crippen molar-refractivity contribution >= 4 is 22.8 Å². The number of furan rings is 1. The molecule has 7 heteroatoms. The van der Waals surface area contributed by atoms with Crippen molar-refractivity contribution in [2.45, 2.75) is 72.8 Å². The molecule has 0 aliphatic rings. The van der Waals surface area contributed by atoms with E-state index in [1.807, 2.05) is 40.7 Å². The number of amides is 1. The lowest BCUT2D eigenvalue weighted by Gasteiger charge is -2.34. The highest BCUT2D eigenvalue weighted by atomic mass is 16.5. The van der Waals surface area contributed by atoms with Crippen LogP contribution in [-0.4, -0.2) is 53.3 Å². The van der Waals surface area contributed by atoms with Crippen LogP contribution in [0.15, 0.2) is 40.8 Å². The van der Waals surface area contributed by atoms with Gasteiger partial charge in [0.1, 0.15) is 24.5 Å². The molecule has 2 aromatic carbocycles. The van der Waals surface area contributed by atoms with Gasteiger partial charge in [0, 0.05) is 17.8 Å². The number of aliphatic hydroxyl groups excluding tert-OH is 1. The van der Waals surface area contributed by atoms with Gasteiger partial charge in [-0.25, -0.2) is 0 Å². The van der Waals surface area contributed by atoms with Crippen LogP contribution in [0.5, 0.6) is 5.75 Å². The number of fused-ring (bicyclic) bond motifs is 1. The number of ether oxygens (including phenoxy) is 1. The molecule has 206 valence electrons. The molecule has 1 amide bonds. The zero-order valence-electron chi connectivity index (χ0n) is 23.8. The Bertz CT molecular complexity index is 1310. The van der Waals surface area contributed by atoms with Gasteiger partial charge in [0.15, 0.2) is 5.76 Å². The Labute approximate surface area is 225 Å². The van der Waals surface area contributed by atoms with E-state index in [4.69, 9.17) is 14.3 Å². The summed E-state index contributed by atoms with van der Waals surface area (Å²) in [6.07, 6.45) is 1.15. The molecule has 2 N–H and O–H groups in total. The van der Waals surface area contributed by atoms with Crippen molar-refractivity contribution in [3.63, 3.8) is 0 Å². The molecule has 0 aliphatic carbocycles. The standard InChI is InChI=1S/C31H41NO6/c1-9-31(10-2,22-11-12-24(19(3)13-22)37-18-26(33)30(5,6)7)23-14-20(4)28-21(15-23)16-25(38-28)29(36)32(8)17-27(34)35/h11-16,26,33H,9-10,17-18H2,1-8H3,(H,34,35). The Kier molecular flexibility index (Phi) is 8.62. The number of aryl methyl sites for hydroxylation is 2. The normalized spacial score (nSPS) is 13.0. The fourth-order valence-corrected chi connectivity index (χ4v) is 4.93. The zero-order chi connectivity index (χ0) is 28.4. The summed E-state index contributed by atoms with van der Waals surface area (Å²) in [5, 5.41) is 20.2. The topological polar surface area (TPSA) is 100 Å². The van der Waals surface area contributed by atoms with E-state index in [0.29, 0.717) is 5.58 Å². The summed E-state index contributed by atoms with van der Waals surface area (Å²) >= 11 is 0. The minimum absolute atomic E-state index is 0.123. The number of hydrogen-bond donors (Lipinski definition) is 2. The molecule has 38 heavy (non-hydrogen) atoms. The number of hydrogen-bond acceptors (Lipinski definition) is 5. The molecule has 0 saturated carbocycles. The molecule has 0 spiro atoms. The number of carbonyl (C=O) groups is 2. The van der Waals surface area contributed by atoms with E-state index in [1.165, 1.54) is 12.6 Å². The average molecular weight is 524 g/mol. The van der Waals surface area contributed by atoms with Crippen molar-refractivity contribution < 1.29 is 29.0 Å². The highest BCUT2D eigenvalue weighted by Crippen LogP contribution is 2.42. The van der Waals surface area contributed by atoms with E-state index in [1.54, 1.807) is 6.07 Å². The Balaban J connectivity index is 1.99. The third kappa shape index (κ3) is 5.88. The van der Waals surface area contributed by atoms with Crippen LogP contribution in [0.25, 0.3) is 11.0 Å². The van der Waals surface area contributed by atoms with Crippen LogP contribution in [-0.2, 0) is 10.2 Å². The summed E-state index contributed by atoms with van der Waals surface area (Å²) in [7, 11) is 1.45. The molecule has 0 fully saturated rings. The van der Waals surface area contributed by atoms with Crippen molar-refractivity contribution in [3.8, 4) is 5.75 Å². The van der Waals surface area contributed by atoms with Gasteiger partial charge in [0.05, 0.1) is 6.10 Å². The largest absolute Gasteiger partial charge is 0.491 e. The average Bonchev–Trinajstić information content (AvgIpc) is 3.28. The van der Waals surface area contributed by atoms with Crippen LogP contribution in [0.3, 0.4) is 0 Å². The van der Waals surface area contributed by atoms with E-state index >= 15 is 0 Å². The lowest BCUT2D eigenvalue weighted by Crippen LogP contribution is -2.32. The molecule has 0 saturated heterocycles. The van der Waals surface area contributed by atoms with Gasteiger partial charge in [-0.05, 0) is 72.6 Å². The number of carbonyl (C=O) groups excluding carboxylic acids is 1. The summed E-state index contributed by atoms with van der Waals surface area (Å²) in [6, 6.07) is 12.1. The van der Waals surface area contributed by atoms with Crippen LogP contribution in [0.1, 0.15) is 80.3 Å². The molecule has 1 unspecified atom stereocenters. The molecule has 1 atom stereocenters. The van der Waals surface area contributed by atoms with E-state index in [9.17, 15) is 14.7 Å². The van der Waals surface area contributed by atoms with Gasteiger partial charge >= 0.3 is 5.97 Å². The molecular formula is C31H41NO6. The molecule has 1 heterocycles. The van der Waals surface area contributed by atoms with Crippen molar-refractivity contribution in [2.75, 3.05) is 20.2 Å². The van der Waals surface area contributed by atoms with Crippen LogP contribution in [0, 0.1) is 19.3 Å². The SMILES string of the molecule is CCC(CC)(c1ccc(OCC(O)C(C)(C)C)c(C)c1)c1cc(C)c2oc(C(=O)N(C)CC(=O)O)cc2c1. The molecular weight excluding hydrogens is 482 g/mol. The number of benzene rings is 2. The second-order valence-electron chi connectivity index (χ2n) is 11.3. The van der Waals surface area contributed by atoms with Crippen molar-refractivity contribution in [1.82, 2.24) is 4.90 Å². The molecule has 0 radical (unpaired) electrons. The second-order valence-corrected chi connectivity index (χ2v) is 11.3. The maximum absolute atomic E-state index is 12.7. The first kappa shape index (κ1) is 29.2. The van der Waals surface area contributed by atoms with Gasteiger partial charge in [0.2, 0.25) is 0 Å². The fraction of sp³-hybridized carbons (Fsp3) is 0.484. The van der Waals surface area contributed by atoms with Gasteiger partial charge in [-0.1, -0.05) is 52.8 Å². The lowest BCUT2D eigenvalue weighted by molar-refractivity contribution is -0.137. The molecule has 1 aromatic heterocycles. The first-order valence-electron chi connectivity index (χ1n) is 13.2. The van der Waals surface area contributed by atoms with Gasteiger partial charge in [-0.15, -0.1) is 0 Å². The van der Waals surface area contributed by atoms with Gasteiger partial charge in [0.25, 0.3) is 5.91 Å². The van der Waals surface area contributed by atoms with E-state index in [0.717, 1.165) is 45.6 Å². The fourth-order valence-electron chi connectivity index (χ4n) is 4.93. The Hall–Kier alpha value is -3.32. The Morgan fingerprint density at radius 1 is 1.00 bits per heavy atom. The molecule has 0 aliphatic heterocycles. The molecule has 3 aromatic rings. The number of aliphatic hydroxyl groups is 1. The maximum Gasteiger partial charge on any atom is 0.323 e. The quantitative estimate of drug-likeness (QED) is 0.333. The summed E-state index contributed by atoms with van der Waals surface area (Å²) < 4.78 is 11.9. The van der Waals surface area contributed by atoms with Gasteiger partial charge in [-0.2, -0.15) is 0 Å². The predicted octanol–water partition coefficient (Wildman–Crippen LogP) is 6.10. The van der Waals surface area contributed by atoms with Gasteiger partial charge < -0.3 is 24.3 Å². The van der Waals surface area contributed by atoms with Crippen molar-refractivity contribution in [3.05, 3.63) is 64.4 Å². The van der Waals surface area contributed by atoms with Crippen LogP contribution in [0.4, 0.5) is 0 Å². The molecule has 0 bridgehead atoms. The highest BCUT2D eigenvalue weighted by molar-refractivity contribution is 5.98. The van der Waals surface area contributed by atoms with E-state index < -0.39 is 24.5 Å². The molecule has 3 rings (SSSR count).